The van der Waals surface area contributed by atoms with Gasteiger partial charge in [0.15, 0.2) is 0 Å². The maximum absolute atomic E-state index is 12.9. The fraction of sp³-hybridized carbons (Fsp3) is 0.375. The van der Waals surface area contributed by atoms with Crippen LogP contribution in [0.1, 0.15) is 24.4 Å². The Hall–Kier alpha value is -1.55. The number of alkyl halides is 3. The molecule has 0 amide bonds. The van der Waals surface area contributed by atoms with E-state index in [0.717, 1.165) is 16.3 Å². The van der Waals surface area contributed by atoms with Gasteiger partial charge in [0.1, 0.15) is 0 Å². The van der Waals surface area contributed by atoms with Gasteiger partial charge in [-0.1, -0.05) is 36.4 Å². The van der Waals surface area contributed by atoms with Crippen LogP contribution < -0.4 is 5.32 Å². The van der Waals surface area contributed by atoms with Gasteiger partial charge in [-0.05, 0) is 41.8 Å². The van der Waals surface area contributed by atoms with Crippen LogP contribution in [-0.4, -0.2) is 12.7 Å². The lowest BCUT2D eigenvalue weighted by Gasteiger charge is -2.32. The molecule has 0 aromatic heterocycles. The highest BCUT2D eigenvalue weighted by Gasteiger charge is 2.42. The molecule has 1 N–H and O–H groups in total. The van der Waals surface area contributed by atoms with Crippen LogP contribution in [0.4, 0.5) is 13.2 Å². The highest BCUT2D eigenvalue weighted by molar-refractivity contribution is 5.83. The Bertz CT molecular complexity index is 606. The highest BCUT2D eigenvalue weighted by Crippen LogP contribution is 2.38. The van der Waals surface area contributed by atoms with E-state index in [9.17, 15) is 13.2 Å². The van der Waals surface area contributed by atoms with E-state index in [0.29, 0.717) is 6.54 Å². The van der Waals surface area contributed by atoms with Crippen molar-refractivity contribution in [3.8, 4) is 0 Å². The molecule has 3 rings (SSSR count). The second-order valence-corrected chi connectivity index (χ2v) is 5.38. The zero-order valence-corrected chi connectivity index (χ0v) is 11.0. The van der Waals surface area contributed by atoms with Gasteiger partial charge in [0.05, 0.1) is 5.92 Å². The second-order valence-electron chi connectivity index (χ2n) is 5.38. The molecule has 0 radical (unpaired) electrons. The molecule has 0 saturated carbocycles. The molecular weight excluding hydrogens is 263 g/mol. The first-order valence-electron chi connectivity index (χ1n) is 6.83. The number of benzene rings is 2. The highest BCUT2D eigenvalue weighted by atomic mass is 19.4. The van der Waals surface area contributed by atoms with Gasteiger partial charge in [-0.3, -0.25) is 0 Å². The fourth-order valence-electron chi connectivity index (χ4n) is 2.89. The van der Waals surface area contributed by atoms with Crippen LogP contribution in [0, 0.1) is 5.92 Å². The van der Waals surface area contributed by atoms with E-state index in [-0.39, 0.29) is 18.9 Å². The van der Waals surface area contributed by atoms with Gasteiger partial charge in [-0.25, -0.2) is 0 Å². The molecule has 2 unspecified atom stereocenters. The van der Waals surface area contributed by atoms with Crippen LogP contribution in [0.2, 0.25) is 0 Å². The van der Waals surface area contributed by atoms with Crippen LogP contribution >= 0.6 is 0 Å². The third-order valence-corrected chi connectivity index (χ3v) is 4.04. The maximum Gasteiger partial charge on any atom is 0.391 e. The van der Waals surface area contributed by atoms with Crippen molar-refractivity contribution >= 4 is 10.8 Å². The lowest BCUT2D eigenvalue weighted by atomic mass is 9.87. The molecule has 1 heterocycles. The number of halogens is 3. The van der Waals surface area contributed by atoms with Crippen molar-refractivity contribution in [3.63, 3.8) is 0 Å². The Kier molecular flexibility index (Phi) is 3.42. The molecule has 1 fully saturated rings. The number of fused-ring (bicyclic) bond motifs is 1. The molecule has 20 heavy (non-hydrogen) atoms. The number of rotatable bonds is 1. The fourth-order valence-corrected chi connectivity index (χ4v) is 2.89. The zero-order chi connectivity index (χ0) is 14.2. The van der Waals surface area contributed by atoms with Gasteiger partial charge in [0.2, 0.25) is 0 Å². The largest absolute Gasteiger partial charge is 0.391 e. The molecule has 1 saturated heterocycles. The SMILES string of the molecule is FC(F)(F)C1CCNC(c2ccc3ccccc3c2)C1. The maximum atomic E-state index is 12.9. The Morgan fingerprint density at radius 2 is 1.75 bits per heavy atom. The summed E-state index contributed by atoms with van der Waals surface area (Å²) >= 11 is 0. The lowest BCUT2D eigenvalue weighted by molar-refractivity contribution is -0.183. The van der Waals surface area contributed by atoms with E-state index < -0.39 is 12.1 Å². The summed E-state index contributed by atoms with van der Waals surface area (Å²) in [5.41, 5.74) is 0.942. The van der Waals surface area contributed by atoms with Crippen LogP contribution in [-0.2, 0) is 0 Å². The molecule has 4 heteroatoms. The summed E-state index contributed by atoms with van der Waals surface area (Å²) in [6.45, 7) is 0.418. The van der Waals surface area contributed by atoms with Crippen molar-refractivity contribution in [1.82, 2.24) is 5.32 Å². The summed E-state index contributed by atoms with van der Waals surface area (Å²) in [6.07, 6.45) is -3.79. The molecule has 1 aliphatic rings. The van der Waals surface area contributed by atoms with Crippen LogP contribution in [0.5, 0.6) is 0 Å². The number of hydrogen-bond acceptors (Lipinski definition) is 1. The standard InChI is InChI=1S/C16H16F3N/c17-16(18,19)14-7-8-20-15(10-14)13-6-5-11-3-1-2-4-12(11)9-13/h1-6,9,14-15,20H,7-8,10H2. The van der Waals surface area contributed by atoms with E-state index in [1.54, 1.807) is 0 Å². The zero-order valence-electron chi connectivity index (χ0n) is 11.0. The van der Waals surface area contributed by atoms with Gasteiger partial charge in [-0.2, -0.15) is 13.2 Å². The third-order valence-electron chi connectivity index (χ3n) is 4.04. The van der Waals surface area contributed by atoms with Gasteiger partial charge < -0.3 is 5.32 Å². The van der Waals surface area contributed by atoms with E-state index in [4.69, 9.17) is 0 Å². The summed E-state index contributed by atoms with van der Waals surface area (Å²) in [5, 5.41) is 5.38. The first-order chi connectivity index (χ1) is 9.54. The summed E-state index contributed by atoms with van der Waals surface area (Å²) in [4.78, 5) is 0. The summed E-state index contributed by atoms with van der Waals surface area (Å²) < 4.78 is 38.6. The Labute approximate surface area is 115 Å². The normalized spacial score (nSPS) is 23.9. The average Bonchev–Trinajstić information content (AvgIpc) is 2.46. The minimum absolute atomic E-state index is 0.127. The topological polar surface area (TPSA) is 12.0 Å². The summed E-state index contributed by atoms with van der Waals surface area (Å²) in [7, 11) is 0. The Morgan fingerprint density at radius 3 is 2.50 bits per heavy atom. The Morgan fingerprint density at radius 1 is 1.00 bits per heavy atom. The molecule has 2 atom stereocenters. The quantitative estimate of drug-likeness (QED) is 0.813. The van der Waals surface area contributed by atoms with E-state index in [1.807, 2.05) is 42.5 Å². The molecule has 0 spiro atoms. The predicted molar refractivity (Wildman–Crippen MR) is 73.5 cm³/mol. The smallest absolute Gasteiger partial charge is 0.310 e. The van der Waals surface area contributed by atoms with Crippen molar-refractivity contribution in [2.45, 2.75) is 25.1 Å². The first kappa shape index (κ1) is 13.4. The van der Waals surface area contributed by atoms with E-state index >= 15 is 0 Å². The lowest BCUT2D eigenvalue weighted by Crippen LogP contribution is -2.38. The van der Waals surface area contributed by atoms with E-state index in [2.05, 4.69) is 5.32 Å². The molecule has 106 valence electrons. The summed E-state index contributed by atoms with van der Waals surface area (Å²) in [6, 6.07) is 13.6. The first-order valence-corrected chi connectivity index (χ1v) is 6.83. The molecular formula is C16H16F3N. The van der Waals surface area contributed by atoms with Crippen LogP contribution in [0.15, 0.2) is 42.5 Å². The van der Waals surface area contributed by atoms with Gasteiger partial charge >= 0.3 is 6.18 Å². The van der Waals surface area contributed by atoms with Gasteiger partial charge in [0, 0.05) is 6.04 Å². The van der Waals surface area contributed by atoms with Crippen LogP contribution in [0.3, 0.4) is 0 Å². The Balaban J connectivity index is 1.87. The number of nitrogens with one attached hydrogen (secondary N) is 1. The molecule has 1 aliphatic heterocycles. The van der Waals surface area contributed by atoms with Gasteiger partial charge in [0.25, 0.3) is 0 Å². The van der Waals surface area contributed by atoms with Crippen molar-refractivity contribution < 1.29 is 13.2 Å². The van der Waals surface area contributed by atoms with Gasteiger partial charge in [-0.15, -0.1) is 0 Å². The molecule has 2 aromatic rings. The van der Waals surface area contributed by atoms with Crippen molar-refractivity contribution in [2.75, 3.05) is 6.54 Å². The third kappa shape index (κ3) is 2.66. The molecule has 0 aliphatic carbocycles. The monoisotopic (exact) mass is 279 g/mol. The average molecular weight is 279 g/mol. The number of hydrogen-bond donors (Lipinski definition) is 1. The minimum Gasteiger partial charge on any atom is -0.310 e. The minimum atomic E-state index is -4.09. The van der Waals surface area contributed by atoms with Crippen molar-refractivity contribution in [3.05, 3.63) is 48.0 Å². The molecule has 0 bridgehead atoms. The van der Waals surface area contributed by atoms with Crippen molar-refractivity contribution in [2.24, 2.45) is 5.92 Å². The summed E-state index contributed by atoms with van der Waals surface area (Å²) in [5.74, 6) is -1.19. The number of piperidine rings is 1. The van der Waals surface area contributed by atoms with Crippen molar-refractivity contribution in [1.29, 1.82) is 0 Å². The predicted octanol–water partition coefficient (Wildman–Crippen LogP) is 4.44. The van der Waals surface area contributed by atoms with Crippen LogP contribution in [0.25, 0.3) is 10.8 Å². The van der Waals surface area contributed by atoms with E-state index in [1.165, 1.54) is 0 Å². The molecule has 1 nitrogen and oxygen atoms in total. The second kappa shape index (κ2) is 5.09. The molecule has 2 aromatic carbocycles.